The Kier molecular flexibility index (Phi) is 3.96. The van der Waals surface area contributed by atoms with Gasteiger partial charge in [0.1, 0.15) is 0 Å². The normalized spacial score (nSPS) is 21.6. The molecule has 0 bridgehead atoms. The van der Waals surface area contributed by atoms with Crippen LogP contribution >= 0.6 is 0 Å². The smallest absolute Gasteiger partial charge is 0 e. The van der Waals surface area contributed by atoms with Crippen molar-refractivity contribution >= 4 is 44.6 Å². The van der Waals surface area contributed by atoms with E-state index in [1.54, 1.807) is 0 Å². The first-order valence-electron chi connectivity index (χ1n) is 2.27. The van der Waals surface area contributed by atoms with E-state index in [9.17, 15) is 49.3 Å². The van der Waals surface area contributed by atoms with Crippen molar-refractivity contribution in [3.63, 3.8) is 0 Å². The predicted molar refractivity (Wildman–Crippen MR) is 30.6 cm³/mol. The average Bonchev–Trinajstić information content (AvgIpc) is 0.938. The number of halogens is 12. The maximum Gasteiger partial charge on any atom is 0 e. The summed E-state index contributed by atoms with van der Waals surface area (Å²) in [5.41, 5.74) is 0. The second kappa shape index (κ2) is 2.85. The predicted octanol–water partition coefficient (Wildman–Crippen LogP) is 3.90. The van der Waals surface area contributed by atoms with Crippen LogP contribution in [0, 0.1) is 0 Å². The van der Waals surface area contributed by atoms with Crippen molar-refractivity contribution < 1.29 is 49.3 Å². The van der Waals surface area contributed by atoms with Gasteiger partial charge in [0.05, 0.1) is 0 Å². The Balaban J connectivity index is -0.000000180. The molecule has 0 nitrogen and oxygen atoms in total. The molecule has 0 saturated heterocycles. The third-order valence-electron chi connectivity index (χ3n) is 0. The van der Waals surface area contributed by atoms with Crippen LogP contribution in [-0.4, -0.2) is 44.6 Å². The molecule has 0 N–H and O–H groups in total. The van der Waals surface area contributed by atoms with E-state index in [1.807, 2.05) is 0 Å². The van der Waals surface area contributed by atoms with E-state index in [2.05, 4.69) is 0 Å². The fourth-order valence-corrected chi connectivity index (χ4v) is 0. The molecule has 0 aromatic heterocycles. The first-order chi connectivity index (χ1) is 4.90. The van der Waals surface area contributed by atoms with Gasteiger partial charge in [-0.3, -0.25) is 0 Å². The zero-order chi connectivity index (χ0) is 12.8. The minimum absolute atomic E-state index is 0. The van der Waals surface area contributed by atoms with Crippen molar-refractivity contribution in [3.8, 4) is 0 Å². The molecule has 0 amide bonds. The van der Waals surface area contributed by atoms with Gasteiger partial charge in [0.25, 0.3) is 0 Å². The SMILES string of the molecule is F[Si-2](F)(F)(F)(F)F.F[Si-2](F)(F)(F)(F)F.[Pb]. The quantitative estimate of drug-likeness (QED) is 0.274. The molecule has 0 saturated carbocycles. The van der Waals surface area contributed by atoms with Gasteiger partial charge in [-0.1, -0.05) is 0 Å². The number of hydrogen-bond donors (Lipinski definition) is 0. The third kappa shape index (κ3) is 8550. The molecule has 0 aromatic rings. The molecule has 15 heteroatoms. The molecule has 0 fully saturated rings. The van der Waals surface area contributed by atoms with Gasteiger partial charge in [0.15, 0.2) is 0 Å². The summed E-state index contributed by atoms with van der Waals surface area (Å²) in [5.74, 6) is 0. The topological polar surface area (TPSA) is 0 Å². The third-order valence-corrected chi connectivity index (χ3v) is 0. The standard InChI is InChI=1S/2F6Si.Pb/c2*1-7(2,3,4,5)6;/q2*-2;. The van der Waals surface area contributed by atoms with E-state index in [4.69, 9.17) is 0 Å². The molecule has 0 aromatic carbocycles. The van der Waals surface area contributed by atoms with Gasteiger partial charge in [-0.2, -0.15) is 0 Å². The molecule has 0 unspecified atom stereocenters. The zero-order valence-corrected chi connectivity index (χ0v) is 11.9. The molecule has 0 rings (SSSR count). The van der Waals surface area contributed by atoms with Crippen molar-refractivity contribution in [3.05, 3.63) is 0 Å². The second-order valence-electron chi connectivity index (χ2n) is 2.14. The van der Waals surface area contributed by atoms with Gasteiger partial charge in [-0.25, -0.2) is 0 Å². The van der Waals surface area contributed by atoms with Crippen LogP contribution in [0.2, 0.25) is 0 Å². The summed E-state index contributed by atoms with van der Waals surface area (Å²) in [6.07, 6.45) is 0. The molecular formula is F12PbSi2-4. The molecule has 4 radical (unpaired) electrons. The van der Waals surface area contributed by atoms with Crippen molar-refractivity contribution in [1.29, 1.82) is 0 Å². The number of rotatable bonds is 0. The Morgan fingerprint density at radius 1 is 0.333 bits per heavy atom. The molecule has 0 heterocycles. The van der Waals surface area contributed by atoms with Crippen LogP contribution < -0.4 is 0 Å². The first kappa shape index (κ1) is 20.9. The summed E-state index contributed by atoms with van der Waals surface area (Å²) in [6, 6.07) is 0. The van der Waals surface area contributed by atoms with Crippen LogP contribution in [-0.2, 0) is 0 Å². The van der Waals surface area contributed by atoms with Crippen LogP contribution in [0.5, 0.6) is 0 Å². The Morgan fingerprint density at radius 3 is 0.333 bits per heavy atom. The minimum Gasteiger partial charge on any atom is 0 e. The fourth-order valence-electron chi connectivity index (χ4n) is 0. The molecular weight excluding hydrogens is 491 g/mol. The number of hydrogen-bond acceptors (Lipinski definition) is 0. The average molecular weight is 491 g/mol. The molecule has 0 aliphatic rings. The van der Waals surface area contributed by atoms with Crippen LogP contribution in [0.15, 0.2) is 0 Å². The van der Waals surface area contributed by atoms with Gasteiger partial charge in [0, 0.05) is 27.3 Å². The van der Waals surface area contributed by atoms with Crippen molar-refractivity contribution in [1.82, 2.24) is 0 Å². The zero-order valence-electron chi connectivity index (χ0n) is 6.04. The Hall–Kier alpha value is 0.516. The van der Waals surface area contributed by atoms with Gasteiger partial charge in [-0.15, -0.1) is 0 Å². The van der Waals surface area contributed by atoms with E-state index >= 15 is 0 Å². The van der Waals surface area contributed by atoms with Crippen molar-refractivity contribution in [2.75, 3.05) is 0 Å². The van der Waals surface area contributed by atoms with Gasteiger partial charge >= 0.3 is 66.6 Å². The van der Waals surface area contributed by atoms with Crippen molar-refractivity contribution in [2.24, 2.45) is 0 Å². The molecule has 0 aliphatic heterocycles. The van der Waals surface area contributed by atoms with Crippen molar-refractivity contribution in [2.45, 2.75) is 0 Å². The van der Waals surface area contributed by atoms with Gasteiger partial charge < -0.3 is 0 Å². The largest absolute Gasteiger partial charge is 0 e. The Bertz CT molecular complexity index is 161. The van der Waals surface area contributed by atoms with E-state index in [0.717, 1.165) is 0 Å². The summed E-state index contributed by atoms with van der Waals surface area (Å²) in [7, 11) is -21.7. The molecule has 0 aliphatic carbocycles. The Labute approximate surface area is 94.1 Å². The second-order valence-corrected chi connectivity index (χ2v) is 6.43. The Morgan fingerprint density at radius 2 is 0.333 bits per heavy atom. The molecule has 15 heavy (non-hydrogen) atoms. The summed E-state index contributed by atoms with van der Waals surface area (Å²) in [4.78, 5) is 0. The summed E-state index contributed by atoms with van der Waals surface area (Å²) < 4.78 is 119. The first-order valence-corrected chi connectivity index (χ1v) is 6.80. The van der Waals surface area contributed by atoms with Gasteiger partial charge in [0.2, 0.25) is 0 Å². The summed E-state index contributed by atoms with van der Waals surface area (Å²) in [6.45, 7) is 0. The van der Waals surface area contributed by atoms with Crippen LogP contribution in [0.1, 0.15) is 0 Å². The monoisotopic (exact) mass is 492 g/mol. The van der Waals surface area contributed by atoms with Crippen LogP contribution in [0.3, 0.4) is 0 Å². The van der Waals surface area contributed by atoms with E-state index in [0.29, 0.717) is 0 Å². The van der Waals surface area contributed by atoms with E-state index in [1.165, 1.54) is 0 Å². The summed E-state index contributed by atoms with van der Waals surface area (Å²) >= 11 is 0. The summed E-state index contributed by atoms with van der Waals surface area (Å²) in [5, 5.41) is 0. The maximum atomic E-state index is 9.88. The molecule has 0 atom stereocenters. The maximum absolute atomic E-state index is 10.8. The molecule has 100 valence electrons. The van der Waals surface area contributed by atoms with Crippen LogP contribution in [0.25, 0.3) is 0 Å². The minimum atomic E-state index is -10.8. The van der Waals surface area contributed by atoms with Gasteiger partial charge in [-0.05, 0) is 0 Å². The van der Waals surface area contributed by atoms with Crippen LogP contribution in [0.4, 0.5) is 49.3 Å². The fraction of sp³-hybridized carbons (Fsp3) is 0. The molecule has 0 spiro atoms. The van der Waals surface area contributed by atoms with E-state index in [-0.39, 0.29) is 27.3 Å². The van der Waals surface area contributed by atoms with E-state index < -0.39 is 17.3 Å².